The quantitative estimate of drug-likeness (QED) is 0.812. The van der Waals surface area contributed by atoms with Gasteiger partial charge in [-0.25, -0.2) is 9.48 Å². The molecule has 0 aliphatic carbocycles. The molecule has 0 unspecified atom stereocenters. The summed E-state index contributed by atoms with van der Waals surface area (Å²) in [6.07, 6.45) is 1.68. The normalized spacial score (nSPS) is 11.9. The molecule has 0 bridgehead atoms. The van der Waals surface area contributed by atoms with Gasteiger partial charge in [0.15, 0.2) is 5.54 Å². The summed E-state index contributed by atoms with van der Waals surface area (Å²) in [5.41, 5.74) is -0.187. The van der Waals surface area contributed by atoms with E-state index in [-0.39, 0.29) is 0 Å². The van der Waals surface area contributed by atoms with E-state index in [4.69, 9.17) is 5.11 Å². The van der Waals surface area contributed by atoms with Crippen LogP contribution in [0.15, 0.2) is 30.5 Å². The number of carbonyl (C=O) groups is 1. The minimum Gasteiger partial charge on any atom is -0.479 e. The molecule has 1 aromatic heterocycles. The molecule has 2 aromatic rings. The first-order chi connectivity index (χ1) is 7.03. The summed E-state index contributed by atoms with van der Waals surface area (Å²) in [5, 5.41) is 14.2. The Bertz CT molecular complexity index is 514. The highest BCUT2D eigenvalue weighted by Gasteiger charge is 2.31. The van der Waals surface area contributed by atoms with Crippen LogP contribution in [-0.4, -0.2) is 20.9 Å². The first-order valence-corrected chi connectivity index (χ1v) is 4.70. The number of carboxylic acids is 1. The van der Waals surface area contributed by atoms with Crippen molar-refractivity contribution >= 4 is 16.9 Å². The van der Waals surface area contributed by atoms with E-state index in [0.717, 1.165) is 10.9 Å². The summed E-state index contributed by atoms with van der Waals surface area (Å²) in [6.45, 7) is 3.27. The predicted molar refractivity (Wildman–Crippen MR) is 56.7 cm³/mol. The van der Waals surface area contributed by atoms with E-state index in [9.17, 15) is 4.79 Å². The number of aromatic nitrogens is 2. The molecular weight excluding hydrogens is 192 g/mol. The Morgan fingerprint density at radius 1 is 1.40 bits per heavy atom. The van der Waals surface area contributed by atoms with Crippen molar-refractivity contribution in [1.29, 1.82) is 0 Å². The largest absolute Gasteiger partial charge is 0.479 e. The molecule has 0 aliphatic heterocycles. The SMILES string of the molecule is CC(C)(C(=O)O)n1ncc2ccccc21. The van der Waals surface area contributed by atoms with Gasteiger partial charge in [0.2, 0.25) is 0 Å². The lowest BCUT2D eigenvalue weighted by atomic mass is 10.1. The second-order valence-corrected chi connectivity index (χ2v) is 3.98. The van der Waals surface area contributed by atoms with E-state index in [1.165, 1.54) is 4.68 Å². The summed E-state index contributed by atoms with van der Waals surface area (Å²) in [5.74, 6) is -0.892. The molecule has 0 atom stereocenters. The number of nitrogens with zero attached hydrogens (tertiary/aromatic N) is 2. The zero-order chi connectivity index (χ0) is 11.1. The zero-order valence-electron chi connectivity index (χ0n) is 8.64. The van der Waals surface area contributed by atoms with Crippen molar-refractivity contribution in [3.63, 3.8) is 0 Å². The zero-order valence-corrected chi connectivity index (χ0v) is 8.64. The Morgan fingerprint density at radius 3 is 2.73 bits per heavy atom. The van der Waals surface area contributed by atoms with Crippen molar-refractivity contribution in [3.05, 3.63) is 30.5 Å². The molecule has 2 rings (SSSR count). The van der Waals surface area contributed by atoms with E-state index < -0.39 is 11.5 Å². The molecule has 0 amide bonds. The highest BCUT2D eigenvalue weighted by atomic mass is 16.4. The third-order valence-electron chi connectivity index (χ3n) is 2.53. The van der Waals surface area contributed by atoms with Crippen LogP contribution in [0.4, 0.5) is 0 Å². The van der Waals surface area contributed by atoms with Crippen LogP contribution in [0.1, 0.15) is 13.8 Å². The maximum absolute atomic E-state index is 11.1. The lowest BCUT2D eigenvalue weighted by Gasteiger charge is -2.20. The van der Waals surface area contributed by atoms with Gasteiger partial charge in [-0.1, -0.05) is 18.2 Å². The van der Waals surface area contributed by atoms with Gasteiger partial charge in [0.25, 0.3) is 0 Å². The first kappa shape index (κ1) is 9.71. The van der Waals surface area contributed by atoms with Gasteiger partial charge in [0.05, 0.1) is 11.7 Å². The molecule has 1 aromatic carbocycles. The number of para-hydroxylation sites is 1. The third kappa shape index (κ3) is 1.38. The molecule has 0 saturated carbocycles. The lowest BCUT2D eigenvalue weighted by molar-refractivity contribution is -0.146. The molecule has 0 spiro atoms. The standard InChI is InChI=1S/C11H12N2O2/c1-11(2,10(14)15)13-9-6-4-3-5-8(9)7-12-13/h3-7H,1-2H3,(H,14,15). The average molecular weight is 204 g/mol. The topological polar surface area (TPSA) is 55.1 Å². The number of hydrogen-bond acceptors (Lipinski definition) is 2. The van der Waals surface area contributed by atoms with Gasteiger partial charge in [0.1, 0.15) is 0 Å². The smallest absolute Gasteiger partial charge is 0.331 e. The van der Waals surface area contributed by atoms with Crippen LogP contribution >= 0.6 is 0 Å². The molecule has 0 saturated heterocycles. The van der Waals surface area contributed by atoms with Crippen LogP contribution in [0.2, 0.25) is 0 Å². The van der Waals surface area contributed by atoms with Gasteiger partial charge in [-0.15, -0.1) is 0 Å². The summed E-state index contributed by atoms with van der Waals surface area (Å²) in [7, 11) is 0. The van der Waals surface area contributed by atoms with Crippen molar-refractivity contribution in [2.24, 2.45) is 0 Å². The van der Waals surface area contributed by atoms with Crippen LogP contribution in [0, 0.1) is 0 Å². The molecule has 1 N–H and O–H groups in total. The number of benzene rings is 1. The van der Waals surface area contributed by atoms with Crippen LogP contribution in [0.3, 0.4) is 0 Å². The summed E-state index contributed by atoms with van der Waals surface area (Å²) >= 11 is 0. The predicted octanol–water partition coefficient (Wildman–Crippen LogP) is 1.86. The van der Waals surface area contributed by atoms with Gasteiger partial charge in [0, 0.05) is 5.39 Å². The molecule has 0 aliphatic rings. The number of rotatable bonds is 2. The Hall–Kier alpha value is -1.84. The summed E-state index contributed by atoms with van der Waals surface area (Å²) in [4.78, 5) is 11.1. The number of hydrogen-bond donors (Lipinski definition) is 1. The third-order valence-corrected chi connectivity index (χ3v) is 2.53. The van der Waals surface area contributed by atoms with Crippen molar-refractivity contribution in [2.75, 3.05) is 0 Å². The lowest BCUT2D eigenvalue weighted by Crippen LogP contribution is -2.36. The van der Waals surface area contributed by atoms with Gasteiger partial charge in [-0.05, 0) is 19.9 Å². The maximum atomic E-state index is 11.1. The maximum Gasteiger partial charge on any atom is 0.331 e. The molecule has 0 fully saturated rings. The highest BCUT2D eigenvalue weighted by molar-refractivity contribution is 5.83. The summed E-state index contributed by atoms with van der Waals surface area (Å²) < 4.78 is 1.53. The average Bonchev–Trinajstić information content (AvgIpc) is 2.61. The highest BCUT2D eigenvalue weighted by Crippen LogP contribution is 2.21. The van der Waals surface area contributed by atoms with Gasteiger partial charge in [-0.3, -0.25) is 0 Å². The molecule has 4 nitrogen and oxygen atoms in total. The monoisotopic (exact) mass is 204 g/mol. The Morgan fingerprint density at radius 2 is 2.07 bits per heavy atom. The Balaban J connectivity index is 2.67. The van der Waals surface area contributed by atoms with E-state index in [1.807, 2.05) is 24.3 Å². The van der Waals surface area contributed by atoms with Gasteiger partial charge in [-0.2, -0.15) is 5.10 Å². The van der Waals surface area contributed by atoms with Crippen molar-refractivity contribution in [2.45, 2.75) is 19.4 Å². The van der Waals surface area contributed by atoms with Crippen LogP contribution < -0.4 is 0 Å². The summed E-state index contributed by atoms with van der Waals surface area (Å²) in [6, 6.07) is 7.56. The Labute approximate surface area is 87.1 Å². The molecule has 78 valence electrons. The number of carboxylic acid groups (broad SMARTS) is 1. The van der Waals surface area contributed by atoms with Crippen molar-refractivity contribution in [1.82, 2.24) is 9.78 Å². The van der Waals surface area contributed by atoms with E-state index in [0.29, 0.717) is 0 Å². The second kappa shape index (κ2) is 3.08. The number of aliphatic carboxylic acids is 1. The fourth-order valence-corrected chi connectivity index (χ4v) is 1.51. The van der Waals surface area contributed by atoms with Crippen LogP contribution in [-0.2, 0) is 10.3 Å². The minimum absolute atomic E-state index is 0.838. The van der Waals surface area contributed by atoms with Crippen molar-refractivity contribution in [3.8, 4) is 0 Å². The van der Waals surface area contributed by atoms with Gasteiger partial charge >= 0.3 is 5.97 Å². The van der Waals surface area contributed by atoms with E-state index >= 15 is 0 Å². The molecule has 4 heteroatoms. The molecule has 0 radical (unpaired) electrons. The fourth-order valence-electron chi connectivity index (χ4n) is 1.51. The van der Waals surface area contributed by atoms with Crippen LogP contribution in [0.5, 0.6) is 0 Å². The first-order valence-electron chi connectivity index (χ1n) is 4.70. The van der Waals surface area contributed by atoms with Crippen molar-refractivity contribution < 1.29 is 9.90 Å². The number of fused-ring (bicyclic) bond motifs is 1. The molecular formula is C11H12N2O2. The van der Waals surface area contributed by atoms with Gasteiger partial charge < -0.3 is 5.11 Å². The van der Waals surface area contributed by atoms with E-state index in [2.05, 4.69) is 5.10 Å². The van der Waals surface area contributed by atoms with Crippen LogP contribution in [0.25, 0.3) is 10.9 Å². The Kier molecular flexibility index (Phi) is 2.00. The fraction of sp³-hybridized carbons (Fsp3) is 0.273. The van der Waals surface area contributed by atoms with E-state index in [1.54, 1.807) is 20.0 Å². The minimum atomic E-state index is -1.02. The molecule has 1 heterocycles. The molecule has 15 heavy (non-hydrogen) atoms. The second-order valence-electron chi connectivity index (χ2n) is 3.98.